The molecule has 1 heterocycles. The second-order valence-electron chi connectivity index (χ2n) is 4.69. The van der Waals surface area contributed by atoms with Crippen molar-refractivity contribution in [3.05, 3.63) is 47.7 Å². The number of carbonyl (C=O) groups is 1. The molecular formula is C16H18N2O2. The van der Waals surface area contributed by atoms with E-state index in [2.05, 4.69) is 28.8 Å². The number of methoxy groups -OCH3 is 1. The Labute approximate surface area is 118 Å². The van der Waals surface area contributed by atoms with Crippen molar-refractivity contribution >= 4 is 11.8 Å². The molecule has 2 N–H and O–H groups in total. The quantitative estimate of drug-likeness (QED) is 0.868. The molecule has 0 atom stereocenters. The first-order valence-electron chi connectivity index (χ1n) is 6.48. The molecule has 4 heteroatoms. The summed E-state index contributed by atoms with van der Waals surface area (Å²) in [6, 6.07) is 9.97. The third-order valence-corrected chi connectivity index (χ3v) is 3.24. The van der Waals surface area contributed by atoms with Crippen LogP contribution >= 0.6 is 0 Å². The number of nitrogen functional groups attached to an aromatic ring is 1. The van der Waals surface area contributed by atoms with E-state index in [1.165, 1.54) is 7.11 Å². The minimum Gasteiger partial charge on any atom is -0.469 e. The molecule has 2 aromatic rings. The van der Waals surface area contributed by atoms with Gasteiger partial charge in [-0.25, -0.2) is 4.98 Å². The van der Waals surface area contributed by atoms with Gasteiger partial charge >= 0.3 is 5.97 Å². The Balaban J connectivity index is 2.27. The van der Waals surface area contributed by atoms with E-state index in [1.807, 2.05) is 18.2 Å². The van der Waals surface area contributed by atoms with Gasteiger partial charge in [0.25, 0.3) is 0 Å². The van der Waals surface area contributed by atoms with E-state index in [1.54, 1.807) is 6.20 Å². The Morgan fingerprint density at radius 2 is 2.10 bits per heavy atom. The molecule has 0 bridgehead atoms. The van der Waals surface area contributed by atoms with E-state index < -0.39 is 0 Å². The van der Waals surface area contributed by atoms with Crippen LogP contribution in [0.1, 0.15) is 17.5 Å². The number of aromatic nitrogens is 1. The number of carbonyl (C=O) groups excluding carboxylic acids is 1. The van der Waals surface area contributed by atoms with Crippen molar-refractivity contribution < 1.29 is 9.53 Å². The lowest BCUT2D eigenvalue weighted by atomic mass is 9.97. The van der Waals surface area contributed by atoms with Crippen LogP contribution < -0.4 is 5.73 Å². The van der Waals surface area contributed by atoms with Gasteiger partial charge in [-0.3, -0.25) is 4.79 Å². The number of pyridine rings is 1. The number of nitrogens with zero attached hydrogens (tertiary/aromatic N) is 1. The number of ether oxygens (including phenoxy) is 1. The van der Waals surface area contributed by atoms with Crippen molar-refractivity contribution in [2.75, 3.05) is 12.8 Å². The fraction of sp³-hybridized carbons (Fsp3) is 0.250. The number of anilines is 1. The summed E-state index contributed by atoms with van der Waals surface area (Å²) < 4.78 is 4.66. The molecule has 1 aromatic carbocycles. The van der Waals surface area contributed by atoms with Crippen LogP contribution in [0.5, 0.6) is 0 Å². The average molecular weight is 270 g/mol. The largest absolute Gasteiger partial charge is 0.469 e. The van der Waals surface area contributed by atoms with Gasteiger partial charge in [-0.05, 0) is 47.7 Å². The van der Waals surface area contributed by atoms with Crippen LogP contribution in [-0.2, 0) is 16.0 Å². The lowest BCUT2D eigenvalue weighted by Gasteiger charge is -2.09. The van der Waals surface area contributed by atoms with Crippen LogP contribution in [0.25, 0.3) is 11.1 Å². The molecule has 4 nitrogen and oxygen atoms in total. The normalized spacial score (nSPS) is 10.3. The van der Waals surface area contributed by atoms with E-state index in [0.717, 1.165) is 22.3 Å². The highest BCUT2D eigenvalue weighted by Gasteiger charge is 2.06. The number of benzene rings is 1. The third-order valence-electron chi connectivity index (χ3n) is 3.24. The minimum atomic E-state index is -0.194. The Kier molecular flexibility index (Phi) is 4.35. The molecule has 0 radical (unpaired) electrons. The zero-order valence-corrected chi connectivity index (χ0v) is 11.7. The van der Waals surface area contributed by atoms with Gasteiger partial charge in [0.15, 0.2) is 0 Å². The third kappa shape index (κ3) is 3.35. The molecule has 0 unspecified atom stereocenters. The van der Waals surface area contributed by atoms with Crippen LogP contribution in [0.15, 0.2) is 36.5 Å². The second-order valence-corrected chi connectivity index (χ2v) is 4.69. The lowest BCUT2D eigenvalue weighted by molar-refractivity contribution is -0.140. The van der Waals surface area contributed by atoms with Crippen molar-refractivity contribution in [1.29, 1.82) is 0 Å². The highest BCUT2D eigenvalue weighted by Crippen LogP contribution is 2.25. The van der Waals surface area contributed by atoms with Gasteiger partial charge in [0.2, 0.25) is 0 Å². The molecule has 104 valence electrons. The van der Waals surface area contributed by atoms with Crippen LogP contribution in [0, 0.1) is 6.92 Å². The fourth-order valence-corrected chi connectivity index (χ4v) is 2.10. The standard InChI is InChI=1S/C16H18N2O2/c1-11-3-4-12(5-6-16(19)20-2)9-14(11)13-7-8-18-15(17)10-13/h3-4,7-10H,5-6H2,1-2H3,(H2,17,18). The second kappa shape index (κ2) is 6.19. The van der Waals surface area contributed by atoms with E-state index in [0.29, 0.717) is 18.7 Å². The summed E-state index contributed by atoms with van der Waals surface area (Å²) in [6.45, 7) is 2.05. The maximum atomic E-state index is 11.2. The summed E-state index contributed by atoms with van der Waals surface area (Å²) in [5.41, 5.74) is 10.1. The van der Waals surface area contributed by atoms with E-state index in [4.69, 9.17) is 5.73 Å². The number of aryl methyl sites for hydroxylation is 2. The molecule has 1 aromatic heterocycles. The van der Waals surface area contributed by atoms with E-state index >= 15 is 0 Å². The molecule has 0 aliphatic carbocycles. The fourth-order valence-electron chi connectivity index (χ4n) is 2.10. The molecule has 20 heavy (non-hydrogen) atoms. The molecule has 0 fully saturated rings. The molecule has 0 aliphatic heterocycles. The summed E-state index contributed by atoms with van der Waals surface area (Å²) >= 11 is 0. The Morgan fingerprint density at radius 3 is 2.80 bits per heavy atom. The van der Waals surface area contributed by atoms with Crippen molar-refractivity contribution in [2.24, 2.45) is 0 Å². The maximum absolute atomic E-state index is 11.2. The first-order chi connectivity index (χ1) is 9.60. The molecule has 0 saturated carbocycles. The molecule has 0 saturated heterocycles. The zero-order chi connectivity index (χ0) is 14.5. The van der Waals surface area contributed by atoms with Gasteiger partial charge in [0.05, 0.1) is 7.11 Å². The minimum absolute atomic E-state index is 0.194. The maximum Gasteiger partial charge on any atom is 0.305 e. The molecule has 0 aliphatic rings. The summed E-state index contributed by atoms with van der Waals surface area (Å²) in [5.74, 6) is 0.308. The molecule has 0 spiro atoms. The predicted molar refractivity (Wildman–Crippen MR) is 79.2 cm³/mol. The smallest absolute Gasteiger partial charge is 0.305 e. The van der Waals surface area contributed by atoms with E-state index in [9.17, 15) is 4.79 Å². The number of nitrogens with two attached hydrogens (primary N) is 1. The number of hydrogen-bond acceptors (Lipinski definition) is 4. The van der Waals surface area contributed by atoms with Gasteiger partial charge < -0.3 is 10.5 Å². The Morgan fingerprint density at radius 1 is 1.30 bits per heavy atom. The summed E-state index contributed by atoms with van der Waals surface area (Å²) in [5, 5.41) is 0. The lowest BCUT2D eigenvalue weighted by Crippen LogP contribution is -2.02. The first-order valence-corrected chi connectivity index (χ1v) is 6.48. The van der Waals surface area contributed by atoms with Crippen LogP contribution in [-0.4, -0.2) is 18.1 Å². The highest BCUT2D eigenvalue weighted by atomic mass is 16.5. The summed E-state index contributed by atoms with van der Waals surface area (Å²) in [6.07, 6.45) is 2.75. The predicted octanol–water partition coefficient (Wildman–Crippen LogP) is 2.74. The van der Waals surface area contributed by atoms with Crippen molar-refractivity contribution in [3.8, 4) is 11.1 Å². The number of hydrogen-bond donors (Lipinski definition) is 1. The SMILES string of the molecule is COC(=O)CCc1ccc(C)c(-c2ccnc(N)c2)c1. The Bertz CT molecular complexity index is 624. The summed E-state index contributed by atoms with van der Waals surface area (Å²) in [7, 11) is 1.41. The average Bonchev–Trinajstić information content (AvgIpc) is 2.46. The van der Waals surface area contributed by atoms with Gasteiger partial charge in [0.1, 0.15) is 5.82 Å². The van der Waals surface area contributed by atoms with Gasteiger partial charge in [-0.1, -0.05) is 18.2 Å². The highest BCUT2D eigenvalue weighted by molar-refractivity contribution is 5.71. The summed E-state index contributed by atoms with van der Waals surface area (Å²) in [4.78, 5) is 15.2. The van der Waals surface area contributed by atoms with Crippen LogP contribution in [0.4, 0.5) is 5.82 Å². The number of esters is 1. The van der Waals surface area contributed by atoms with Crippen LogP contribution in [0.2, 0.25) is 0 Å². The van der Waals surface area contributed by atoms with Crippen LogP contribution in [0.3, 0.4) is 0 Å². The van der Waals surface area contributed by atoms with E-state index in [-0.39, 0.29) is 5.97 Å². The van der Waals surface area contributed by atoms with Gasteiger partial charge in [-0.2, -0.15) is 0 Å². The first kappa shape index (κ1) is 14.1. The molecule has 0 amide bonds. The molecule has 2 rings (SSSR count). The zero-order valence-electron chi connectivity index (χ0n) is 11.7. The van der Waals surface area contributed by atoms with Crippen molar-refractivity contribution in [1.82, 2.24) is 4.98 Å². The molecular weight excluding hydrogens is 252 g/mol. The van der Waals surface area contributed by atoms with Gasteiger partial charge in [-0.15, -0.1) is 0 Å². The number of rotatable bonds is 4. The topological polar surface area (TPSA) is 65.2 Å². The Hall–Kier alpha value is -2.36. The monoisotopic (exact) mass is 270 g/mol. The van der Waals surface area contributed by atoms with Crippen molar-refractivity contribution in [2.45, 2.75) is 19.8 Å². The van der Waals surface area contributed by atoms with Gasteiger partial charge in [0, 0.05) is 12.6 Å². The van der Waals surface area contributed by atoms with Crippen molar-refractivity contribution in [3.63, 3.8) is 0 Å².